The van der Waals surface area contributed by atoms with E-state index in [0.29, 0.717) is 10.9 Å². The van der Waals surface area contributed by atoms with Crippen molar-refractivity contribution >= 4 is 33.2 Å². The number of sulfonamides is 1. The molecule has 0 radical (unpaired) electrons. The number of hydrogen-bond donors (Lipinski definition) is 1. The van der Waals surface area contributed by atoms with Crippen molar-refractivity contribution in [2.24, 2.45) is 5.92 Å². The molecule has 3 rings (SSSR count). The van der Waals surface area contributed by atoms with Crippen LogP contribution in [0.15, 0.2) is 35.4 Å². The van der Waals surface area contributed by atoms with E-state index < -0.39 is 15.8 Å². The summed E-state index contributed by atoms with van der Waals surface area (Å²) < 4.78 is 42.3. The van der Waals surface area contributed by atoms with E-state index in [1.807, 2.05) is 0 Å². The van der Waals surface area contributed by atoms with Crippen LogP contribution in [0.3, 0.4) is 0 Å². The Morgan fingerprint density at radius 1 is 1.15 bits per heavy atom. The molecule has 0 unspecified atom stereocenters. The first-order chi connectivity index (χ1) is 12.3. The highest BCUT2D eigenvalue weighted by molar-refractivity contribution is 7.89. The summed E-state index contributed by atoms with van der Waals surface area (Å²) in [6, 6.07) is 5.08. The maximum atomic E-state index is 14.6. The first-order valence-electron chi connectivity index (χ1n) is 8.39. The standard InChI is InChI=1S/C18H19Cl2FN2O2S/c1-11-2-4-13(5-3-11)23-26(24,25)14-6-7-15(17(21)9-14)18-16(20)8-12(19)10-22-18/h6-11,13,23H,2-5H2,1H3. The molecule has 8 heteroatoms. The molecule has 1 heterocycles. The van der Waals surface area contributed by atoms with Gasteiger partial charge >= 0.3 is 0 Å². The van der Waals surface area contributed by atoms with Crippen LogP contribution in [0.1, 0.15) is 32.6 Å². The Morgan fingerprint density at radius 3 is 2.46 bits per heavy atom. The lowest BCUT2D eigenvalue weighted by Crippen LogP contribution is -2.37. The molecule has 1 N–H and O–H groups in total. The van der Waals surface area contributed by atoms with Crippen molar-refractivity contribution in [2.45, 2.75) is 43.5 Å². The van der Waals surface area contributed by atoms with Crippen molar-refractivity contribution in [1.29, 1.82) is 0 Å². The summed E-state index contributed by atoms with van der Waals surface area (Å²) in [6.45, 7) is 2.16. The zero-order valence-corrected chi connectivity index (χ0v) is 16.5. The fraction of sp³-hybridized carbons (Fsp3) is 0.389. The van der Waals surface area contributed by atoms with Crippen molar-refractivity contribution in [2.75, 3.05) is 0 Å². The normalized spacial score (nSPS) is 20.9. The van der Waals surface area contributed by atoms with Crippen LogP contribution in [-0.4, -0.2) is 19.4 Å². The third-order valence-electron chi connectivity index (χ3n) is 4.65. The first kappa shape index (κ1) is 19.5. The van der Waals surface area contributed by atoms with Crippen LogP contribution < -0.4 is 4.72 Å². The Labute approximate surface area is 162 Å². The molecule has 0 atom stereocenters. The quantitative estimate of drug-likeness (QED) is 0.757. The van der Waals surface area contributed by atoms with Crippen molar-refractivity contribution in [1.82, 2.24) is 9.71 Å². The Hall–Kier alpha value is -1.21. The van der Waals surface area contributed by atoms with Crippen LogP contribution in [-0.2, 0) is 10.0 Å². The topological polar surface area (TPSA) is 59.1 Å². The van der Waals surface area contributed by atoms with Gasteiger partial charge in [0.05, 0.1) is 20.6 Å². The lowest BCUT2D eigenvalue weighted by atomic mass is 9.88. The molecule has 26 heavy (non-hydrogen) atoms. The van der Waals surface area contributed by atoms with Crippen molar-refractivity contribution in [3.05, 3.63) is 46.3 Å². The van der Waals surface area contributed by atoms with Crippen LogP contribution in [0.4, 0.5) is 4.39 Å². The molecule has 140 valence electrons. The molecular formula is C18H19Cl2FN2O2S. The van der Waals surface area contributed by atoms with Crippen LogP contribution in [0.2, 0.25) is 10.0 Å². The van der Waals surface area contributed by atoms with Crippen molar-refractivity contribution in [3.8, 4) is 11.3 Å². The van der Waals surface area contributed by atoms with E-state index >= 15 is 0 Å². The van der Waals surface area contributed by atoms with Gasteiger partial charge in [0.15, 0.2) is 0 Å². The molecule has 1 aliphatic carbocycles. The monoisotopic (exact) mass is 416 g/mol. The largest absolute Gasteiger partial charge is 0.253 e. The molecule has 0 spiro atoms. The minimum Gasteiger partial charge on any atom is -0.253 e. The van der Waals surface area contributed by atoms with Crippen LogP contribution >= 0.6 is 23.2 Å². The number of hydrogen-bond acceptors (Lipinski definition) is 3. The van der Waals surface area contributed by atoms with Crippen LogP contribution in [0, 0.1) is 11.7 Å². The molecule has 4 nitrogen and oxygen atoms in total. The third kappa shape index (κ3) is 4.36. The number of rotatable bonds is 4. The van der Waals surface area contributed by atoms with Gasteiger partial charge in [-0.3, -0.25) is 4.98 Å². The smallest absolute Gasteiger partial charge is 0.240 e. The Bertz CT molecular complexity index is 913. The van der Waals surface area contributed by atoms with Gasteiger partial charge in [-0.25, -0.2) is 17.5 Å². The predicted octanol–water partition coefficient (Wildman–Crippen LogP) is 5.05. The molecule has 2 aromatic rings. The molecule has 0 aliphatic heterocycles. The maximum absolute atomic E-state index is 14.6. The molecule has 1 aromatic heterocycles. The molecule has 0 bridgehead atoms. The fourth-order valence-electron chi connectivity index (χ4n) is 3.13. The number of pyridine rings is 1. The lowest BCUT2D eigenvalue weighted by molar-refractivity contribution is 0.332. The van der Waals surface area contributed by atoms with E-state index in [0.717, 1.165) is 31.7 Å². The average Bonchev–Trinajstić information content (AvgIpc) is 2.57. The van der Waals surface area contributed by atoms with E-state index in [1.165, 1.54) is 24.4 Å². The summed E-state index contributed by atoms with van der Waals surface area (Å²) in [4.78, 5) is 3.92. The molecule has 1 fully saturated rings. The second kappa shape index (κ2) is 7.80. The van der Waals surface area contributed by atoms with E-state index in [4.69, 9.17) is 23.2 Å². The van der Waals surface area contributed by atoms with Gasteiger partial charge in [-0.15, -0.1) is 0 Å². The molecular weight excluding hydrogens is 398 g/mol. The van der Waals surface area contributed by atoms with E-state index in [-0.39, 0.29) is 27.2 Å². The Balaban J connectivity index is 1.84. The van der Waals surface area contributed by atoms with Gasteiger partial charge in [0.2, 0.25) is 10.0 Å². The minimum atomic E-state index is -3.78. The number of nitrogens with zero attached hydrogens (tertiary/aromatic N) is 1. The Kier molecular flexibility index (Phi) is 5.87. The van der Waals surface area contributed by atoms with Gasteiger partial charge < -0.3 is 0 Å². The number of aromatic nitrogens is 1. The highest BCUT2D eigenvalue weighted by Gasteiger charge is 2.25. The molecule has 0 saturated heterocycles. The van der Waals surface area contributed by atoms with Gasteiger partial charge in [-0.2, -0.15) is 0 Å². The predicted molar refractivity (Wildman–Crippen MR) is 101 cm³/mol. The zero-order chi connectivity index (χ0) is 18.9. The number of nitrogens with one attached hydrogen (secondary N) is 1. The molecule has 1 aliphatic rings. The summed E-state index contributed by atoms with van der Waals surface area (Å²) in [5.74, 6) is -0.0917. The second-order valence-corrected chi connectivity index (χ2v) is 9.26. The van der Waals surface area contributed by atoms with Crippen LogP contribution in [0.5, 0.6) is 0 Å². The third-order valence-corrected chi connectivity index (χ3v) is 6.66. The molecule has 0 amide bonds. The molecule has 1 aromatic carbocycles. The van der Waals surface area contributed by atoms with Gasteiger partial charge in [0.25, 0.3) is 0 Å². The van der Waals surface area contributed by atoms with Gasteiger partial charge in [0, 0.05) is 17.8 Å². The number of halogens is 3. The van der Waals surface area contributed by atoms with Gasteiger partial charge in [0.1, 0.15) is 5.82 Å². The average molecular weight is 417 g/mol. The zero-order valence-electron chi connectivity index (χ0n) is 14.2. The lowest BCUT2D eigenvalue weighted by Gasteiger charge is -2.26. The van der Waals surface area contributed by atoms with E-state index in [2.05, 4.69) is 16.6 Å². The number of benzene rings is 1. The first-order valence-corrected chi connectivity index (χ1v) is 10.6. The minimum absolute atomic E-state index is 0.105. The maximum Gasteiger partial charge on any atom is 0.240 e. The summed E-state index contributed by atoms with van der Waals surface area (Å²) in [5.41, 5.74) is 0.337. The van der Waals surface area contributed by atoms with Crippen molar-refractivity contribution in [3.63, 3.8) is 0 Å². The highest BCUT2D eigenvalue weighted by Crippen LogP contribution is 2.31. The fourth-order valence-corrected chi connectivity index (χ4v) is 4.93. The van der Waals surface area contributed by atoms with E-state index in [1.54, 1.807) is 0 Å². The summed E-state index contributed by atoms with van der Waals surface area (Å²) in [7, 11) is -3.78. The van der Waals surface area contributed by atoms with Gasteiger partial charge in [-0.1, -0.05) is 30.1 Å². The summed E-state index contributed by atoms with van der Waals surface area (Å²) >= 11 is 11.9. The summed E-state index contributed by atoms with van der Waals surface area (Å²) in [6.07, 6.45) is 4.93. The Morgan fingerprint density at radius 2 is 1.85 bits per heavy atom. The van der Waals surface area contributed by atoms with Gasteiger partial charge in [-0.05, 0) is 55.9 Å². The second-order valence-electron chi connectivity index (χ2n) is 6.70. The summed E-state index contributed by atoms with van der Waals surface area (Å²) in [5, 5.41) is 0.533. The SMILES string of the molecule is CC1CCC(NS(=O)(=O)c2ccc(-c3ncc(Cl)cc3Cl)c(F)c2)CC1. The van der Waals surface area contributed by atoms with Crippen molar-refractivity contribution < 1.29 is 12.8 Å². The molecule has 1 saturated carbocycles. The van der Waals surface area contributed by atoms with E-state index in [9.17, 15) is 12.8 Å². The van der Waals surface area contributed by atoms with Crippen LogP contribution in [0.25, 0.3) is 11.3 Å². The highest BCUT2D eigenvalue weighted by atomic mass is 35.5.